The van der Waals surface area contributed by atoms with E-state index in [-0.39, 0.29) is 18.0 Å². The molecule has 0 bridgehead atoms. The second-order valence-corrected chi connectivity index (χ2v) is 7.29. The number of aromatic nitrogens is 1. The molecule has 0 unspecified atom stereocenters. The van der Waals surface area contributed by atoms with Crippen molar-refractivity contribution in [3.8, 4) is 0 Å². The van der Waals surface area contributed by atoms with E-state index in [4.69, 9.17) is 0 Å². The van der Waals surface area contributed by atoms with Gasteiger partial charge in [0.1, 0.15) is 10.7 Å². The molecule has 0 aromatic carbocycles. The molecule has 10 heteroatoms. The van der Waals surface area contributed by atoms with E-state index >= 15 is 0 Å². The zero-order valence-corrected chi connectivity index (χ0v) is 12.2. The zero-order chi connectivity index (χ0) is 14.5. The Labute approximate surface area is 112 Å². The summed E-state index contributed by atoms with van der Waals surface area (Å²) in [7, 11) is -5.33. The lowest BCUT2D eigenvalue weighted by Crippen LogP contribution is -2.34. The summed E-state index contributed by atoms with van der Waals surface area (Å²) in [6.07, 6.45) is 2.22. The molecule has 0 aliphatic carbocycles. The molecule has 0 aliphatic heterocycles. The molecule has 0 spiro atoms. The third-order valence-corrected chi connectivity index (χ3v) is 4.26. The van der Waals surface area contributed by atoms with E-state index in [9.17, 15) is 16.8 Å². The topological polar surface area (TPSA) is 117 Å². The van der Waals surface area contributed by atoms with Gasteiger partial charge >= 0.3 is 0 Å². The number of nitrogens with one attached hydrogen (secondary N) is 3. The smallest absolute Gasteiger partial charge is 0.242 e. The number of hydrogen-bond donors (Lipinski definition) is 3. The van der Waals surface area contributed by atoms with Gasteiger partial charge in [-0.15, -0.1) is 0 Å². The van der Waals surface area contributed by atoms with Gasteiger partial charge in [0.2, 0.25) is 20.0 Å². The van der Waals surface area contributed by atoms with Crippen molar-refractivity contribution < 1.29 is 16.8 Å². The van der Waals surface area contributed by atoms with Crippen molar-refractivity contribution in [3.05, 3.63) is 18.3 Å². The van der Waals surface area contributed by atoms with Crippen LogP contribution in [0.1, 0.15) is 0 Å². The first-order chi connectivity index (χ1) is 8.74. The molecule has 1 aromatic heterocycles. The van der Waals surface area contributed by atoms with Crippen molar-refractivity contribution >= 4 is 25.9 Å². The standard InChI is InChI=1S/C9H16N4O4S2/c1-10-9-4-3-8(7-11-9)19(16,17)13-6-5-12-18(2,14)15/h3-4,7,12-13H,5-6H2,1-2H3,(H,10,11). The lowest BCUT2D eigenvalue weighted by atomic mass is 10.5. The van der Waals surface area contributed by atoms with Crippen molar-refractivity contribution in [2.75, 3.05) is 31.7 Å². The molecule has 1 heterocycles. The Morgan fingerprint density at radius 2 is 1.74 bits per heavy atom. The summed E-state index contributed by atoms with van der Waals surface area (Å²) in [5, 5.41) is 2.77. The summed E-state index contributed by atoms with van der Waals surface area (Å²) >= 11 is 0. The fourth-order valence-corrected chi connectivity index (χ4v) is 2.64. The predicted octanol–water partition coefficient (Wildman–Crippen LogP) is -1.05. The second-order valence-electron chi connectivity index (χ2n) is 3.69. The largest absolute Gasteiger partial charge is 0.373 e. The van der Waals surface area contributed by atoms with Gasteiger partial charge < -0.3 is 5.32 Å². The molecule has 0 saturated carbocycles. The van der Waals surface area contributed by atoms with Crippen LogP contribution in [0.5, 0.6) is 0 Å². The highest BCUT2D eigenvalue weighted by Gasteiger charge is 2.13. The number of anilines is 1. The van der Waals surface area contributed by atoms with Gasteiger partial charge in [-0.25, -0.2) is 31.3 Å². The summed E-state index contributed by atoms with van der Waals surface area (Å²) in [4.78, 5) is 3.91. The number of hydrogen-bond acceptors (Lipinski definition) is 6. The number of sulfonamides is 2. The third-order valence-electron chi connectivity index (χ3n) is 2.08. The summed E-state index contributed by atoms with van der Waals surface area (Å²) in [5.74, 6) is 0.553. The van der Waals surface area contributed by atoms with Crippen LogP contribution in [-0.2, 0) is 20.0 Å². The van der Waals surface area contributed by atoms with E-state index in [0.717, 1.165) is 6.26 Å². The Hall–Kier alpha value is -1.23. The quantitative estimate of drug-likeness (QED) is 0.553. The van der Waals surface area contributed by atoms with Crippen LogP contribution in [0.15, 0.2) is 23.2 Å². The molecular weight excluding hydrogens is 292 g/mol. The lowest BCUT2D eigenvalue weighted by Gasteiger charge is -2.07. The van der Waals surface area contributed by atoms with Crippen LogP contribution in [0.25, 0.3) is 0 Å². The number of pyridine rings is 1. The van der Waals surface area contributed by atoms with Crippen molar-refractivity contribution in [3.63, 3.8) is 0 Å². The van der Waals surface area contributed by atoms with E-state index in [2.05, 4.69) is 19.7 Å². The highest BCUT2D eigenvalue weighted by atomic mass is 32.2. The summed E-state index contributed by atoms with van der Waals surface area (Å²) in [6.45, 7) is -0.0523. The van der Waals surface area contributed by atoms with Gasteiger partial charge in [0.25, 0.3) is 0 Å². The maximum atomic E-state index is 11.8. The molecule has 0 radical (unpaired) electrons. The predicted molar refractivity (Wildman–Crippen MR) is 71.8 cm³/mol. The van der Waals surface area contributed by atoms with Crippen molar-refractivity contribution in [1.82, 2.24) is 14.4 Å². The minimum Gasteiger partial charge on any atom is -0.373 e. The molecule has 19 heavy (non-hydrogen) atoms. The zero-order valence-electron chi connectivity index (χ0n) is 10.5. The Morgan fingerprint density at radius 1 is 1.11 bits per heavy atom. The number of nitrogens with zero attached hydrogens (tertiary/aromatic N) is 1. The van der Waals surface area contributed by atoms with Gasteiger partial charge in [-0.3, -0.25) is 0 Å². The van der Waals surface area contributed by atoms with Crippen molar-refractivity contribution in [2.45, 2.75) is 4.90 Å². The maximum absolute atomic E-state index is 11.8. The molecule has 0 aliphatic rings. The van der Waals surface area contributed by atoms with Gasteiger partial charge in [-0.2, -0.15) is 0 Å². The van der Waals surface area contributed by atoms with Crippen LogP contribution in [0.4, 0.5) is 5.82 Å². The highest BCUT2D eigenvalue weighted by Crippen LogP contribution is 2.09. The first-order valence-corrected chi connectivity index (χ1v) is 8.70. The van der Waals surface area contributed by atoms with Crippen molar-refractivity contribution in [2.24, 2.45) is 0 Å². The van der Waals surface area contributed by atoms with Crippen molar-refractivity contribution in [1.29, 1.82) is 0 Å². The molecule has 0 amide bonds. The third kappa shape index (κ3) is 5.51. The Balaban J connectivity index is 2.60. The van der Waals surface area contributed by atoms with Crippen LogP contribution in [0, 0.1) is 0 Å². The summed E-state index contributed by atoms with van der Waals surface area (Å²) in [5.41, 5.74) is 0. The minimum atomic E-state index is -3.68. The second kappa shape index (κ2) is 6.28. The fraction of sp³-hybridized carbons (Fsp3) is 0.444. The van der Waals surface area contributed by atoms with Crippen LogP contribution in [0.2, 0.25) is 0 Å². The Kier molecular flexibility index (Phi) is 5.23. The van der Waals surface area contributed by atoms with Gasteiger partial charge in [-0.1, -0.05) is 0 Å². The van der Waals surface area contributed by atoms with E-state index < -0.39 is 20.0 Å². The van der Waals surface area contributed by atoms with Gasteiger partial charge in [0, 0.05) is 26.3 Å². The van der Waals surface area contributed by atoms with Gasteiger partial charge in [0.05, 0.1) is 6.26 Å². The van der Waals surface area contributed by atoms with Gasteiger partial charge in [-0.05, 0) is 12.1 Å². The fourth-order valence-electron chi connectivity index (χ4n) is 1.19. The molecule has 1 aromatic rings. The normalized spacial score (nSPS) is 12.3. The SMILES string of the molecule is CNc1ccc(S(=O)(=O)NCCNS(C)(=O)=O)cn1. The first kappa shape index (κ1) is 15.8. The molecular formula is C9H16N4O4S2. The monoisotopic (exact) mass is 308 g/mol. The molecule has 8 nitrogen and oxygen atoms in total. The lowest BCUT2D eigenvalue weighted by molar-refractivity contribution is 0.573. The molecule has 108 valence electrons. The van der Waals surface area contributed by atoms with Gasteiger partial charge in [0.15, 0.2) is 0 Å². The van der Waals surface area contributed by atoms with Crippen LogP contribution in [-0.4, -0.2) is 48.2 Å². The van der Waals surface area contributed by atoms with Crippen LogP contribution >= 0.6 is 0 Å². The Bertz CT molecular complexity index is 610. The molecule has 3 N–H and O–H groups in total. The van der Waals surface area contributed by atoms with E-state index in [1.165, 1.54) is 18.3 Å². The summed E-state index contributed by atoms with van der Waals surface area (Å²) in [6, 6.07) is 2.94. The average Bonchev–Trinajstić information content (AvgIpc) is 2.34. The van der Waals surface area contributed by atoms with E-state index in [1.54, 1.807) is 7.05 Å². The molecule has 0 atom stereocenters. The summed E-state index contributed by atoms with van der Waals surface area (Å²) < 4.78 is 49.7. The number of rotatable bonds is 7. The highest BCUT2D eigenvalue weighted by molar-refractivity contribution is 7.89. The average molecular weight is 308 g/mol. The van der Waals surface area contributed by atoms with Crippen LogP contribution in [0.3, 0.4) is 0 Å². The molecule has 0 saturated heterocycles. The molecule has 0 fully saturated rings. The maximum Gasteiger partial charge on any atom is 0.242 e. The van der Waals surface area contributed by atoms with Crippen LogP contribution < -0.4 is 14.8 Å². The van der Waals surface area contributed by atoms with E-state index in [1.807, 2.05) is 0 Å². The first-order valence-electron chi connectivity index (χ1n) is 5.33. The molecule has 1 rings (SSSR count). The minimum absolute atomic E-state index is 0.0138. The van der Waals surface area contributed by atoms with E-state index in [0.29, 0.717) is 5.82 Å². The Morgan fingerprint density at radius 3 is 2.21 bits per heavy atom.